The van der Waals surface area contributed by atoms with Crippen molar-refractivity contribution in [2.75, 3.05) is 18.1 Å². The van der Waals surface area contributed by atoms with Gasteiger partial charge in [0.15, 0.2) is 0 Å². The molecular formula is C15H19NO3. The van der Waals surface area contributed by atoms with Gasteiger partial charge >= 0.3 is 5.97 Å². The monoisotopic (exact) mass is 261 g/mol. The standard InChI is InChI=1S/C15H19NO3/c17-15(18)11-6-7-13-14(10-11)19-9-8-16(13)12-4-2-1-3-5-12/h6-7,10,12H,1-5,8-9H2,(H,17,18). The quantitative estimate of drug-likeness (QED) is 0.889. The number of rotatable bonds is 2. The lowest BCUT2D eigenvalue weighted by molar-refractivity contribution is 0.0696. The van der Waals surface area contributed by atoms with E-state index in [9.17, 15) is 4.79 Å². The molecule has 0 unspecified atom stereocenters. The minimum Gasteiger partial charge on any atom is -0.490 e. The summed E-state index contributed by atoms with van der Waals surface area (Å²) in [5.74, 6) is -0.182. The maximum atomic E-state index is 11.0. The fraction of sp³-hybridized carbons (Fsp3) is 0.533. The fourth-order valence-corrected chi connectivity index (χ4v) is 3.15. The van der Waals surface area contributed by atoms with Gasteiger partial charge in [-0.25, -0.2) is 4.79 Å². The number of ether oxygens (including phenoxy) is 1. The van der Waals surface area contributed by atoms with Crippen LogP contribution in [-0.4, -0.2) is 30.3 Å². The Kier molecular flexibility index (Phi) is 3.32. The third kappa shape index (κ3) is 2.39. The summed E-state index contributed by atoms with van der Waals surface area (Å²) in [5.41, 5.74) is 1.35. The van der Waals surface area contributed by atoms with Gasteiger partial charge in [-0.15, -0.1) is 0 Å². The molecule has 1 aromatic rings. The second-order valence-electron chi connectivity index (χ2n) is 5.32. The highest BCUT2D eigenvalue weighted by Crippen LogP contribution is 2.36. The second-order valence-corrected chi connectivity index (χ2v) is 5.32. The molecule has 0 spiro atoms. The molecular weight excluding hydrogens is 242 g/mol. The van der Waals surface area contributed by atoms with E-state index in [-0.39, 0.29) is 0 Å². The normalized spacial score (nSPS) is 19.7. The van der Waals surface area contributed by atoms with Gasteiger partial charge in [0.25, 0.3) is 0 Å². The van der Waals surface area contributed by atoms with Crippen molar-refractivity contribution in [1.82, 2.24) is 0 Å². The predicted molar refractivity (Wildman–Crippen MR) is 73.1 cm³/mol. The van der Waals surface area contributed by atoms with Gasteiger partial charge in [0.1, 0.15) is 12.4 Å². The third-order valence-electron chi connectivity index (χ3n) is 4.12. The molecule has 4 heteroatoms. The van der Waals surface area contributed by atoms with Crippen molar-refractivity contribution in [3.63, 3.8) is 0 Å². The Balaban J connectivity index is 1.89. The summed E-state index contributed by atoms with van der Waals surface area (Å²) in [6.45, 7) is 1.55. The molecule has 1 aliphatic heterocycles. The van der Waals surface area contributed by atoms with Crippen molar-refractivity contribution in [3.05, 3.63) is 23.8 Å². The Morgan fingerprint density at radius 2 is 2.05 bits per heavy atom. The number of hydrogen-bond acceptors (Lipinski definition) is 3. The molecule has 3 rings (SSSR count). The molecule has 102 valence electrons. The first kappa shape index (κ1) is 12.3. The van der Waals surface area contributed by atoms with Crippen molar-refractivity contribution >= 4 is 11.7 Å². The van der Waals surface area contributed by atoms with Gasteiger partial charge in [-0.05, 0) is 31.0 Å². The molecule has 1 fully saturated rings. The van der Waals surface area contributed by atoms with E-state index in [1.54, 1.807) is 12.1 Å². The van der Waals surface area contributed by atoms with Crippen LogP contribution in [0.3, 0.4) is 0 Å². The van der Waals surface area contributed by atoms with Gasteiger partial charge in [0.2, 0.25) is 0 Å². The predicted octanol–water partition coefficient (Wildman–Crippen LogP) is 2.92. The average molecular weight is 261 g/mol. The third-order valence-corrected chi connectivity index (χ3v) is 4.12. The van der Waals surface area contributed by atoms with Crippen LogP contribution < -0.4 is 9.64 Å². The lowest BCUT2D eigenvalue weighted by Gasteiger charge is -2.39. The number of carbonyl (C=O) groups is 1. The summed E-state index contributed by atoms with van der Waals surface area (Å²) in [6, 6.07) is 5.80. The average Bonchev–Trinajstić information content (AvgIpc) is 2.47. The first-order valence-electron chi connectivity index (χ1n) is 7.02. The number of carboxylic acids is 1. The lowest BCUT2D eigenvalue weighted by atomic mass is 9.93. The first-order valence-corrected chi connectivity index (χ1v) is 7.02. The number of aromatic carboxylic acids is 1. The molecule has 0 aromatic heterocycles. The van der Waals surface area contributed by atoms with Crippen molar-refractivity contribution in [3.8, 4) is 5.75 Å². The fourth-order valence-electron chi connectivity index (χ4n) is 3.15. The highest BCUT2D eigenvalue weighted by Gasteiger charge is 2.27. The number of nitrogens with zero attached hydrogens (tertiary/aromatic N) is 1. The molecule has 0 amide bonds. The van der Waals surface area contributed by atoms with Gasteiger partial charge in [-0.3, -0.25) is 0 Å². The largest absolute Gasteiger partial charge is 0.490 e. The van der Waals surface area contributed by atoms with E-state index in [0.717, 1.165) is 18.0 Å². The molecule has 0 bridgehead atoms. The maximum absolute atomic E-state index is 11.0. The highest BCUT2D eigenvalue weighted by molar-refractivity contribution is 5.89. The molecule has 2 aliphatic rings. The summed E-state index contributed by atoms with van der Waals surface area (Å²) >= 11 is 0. The summed E-state index contributed by atoms with van der Waals surface area (Å²) < 4.78 is 5.63. The van der Waals surface area contributed by atoms with Crippen LogP contribution in [0.25, 0.3) is 0 Å². The Labute approximate surface area is 113 Å². The smallest absolute Gasteiger partial charge is 0.335 e. The molecule has 1 N–H and O–H groups in total. The highest BCUT2D eigenvalue weighted by atomic mass is 16.5. The van der Waals surface area contributed by atoms with E-state index in [4.69, 9.17) is 9.84 Å². The SMILES string of the molecule is O=C(O)c1ccc2c(c1)OCCN2C1CCCCC1. The number of hydrogen-bond donors (Lipinski definition) is 1. The van der Waals surface area contributed by atoms with Gasteiger partial charge in [0.05, 0.1) is 17.8 Å². The molecule has 0 atom stereocenters. The summed E-state index contributed by atoms with van der Waals surface area (Å²) in [7, 11) is 0. The minimum absolute atomic E-state index is 0.296. The van der Waals surface area contributed by atoms with Crippen LogP contribution in [-0.2, 0) is 0 Å². The van der Waals surface area contributed by atoms with Gasteiger partial charge in [-0.1, -0.05) is 19.3 Å². The minimum atomic E-state index is -0.902. The summed E-state index contributed by atoms with van der Waals surface area (Å²) in [5, 5.41) is 9.03. The Hall–Kier alpha value is -1.71. The van der Waals surface area contributed by atoms with E-state index in [0.29, 0.717) is 18.2 Å². The second kappa shape index (κ2) is 5.11. The van der Waals surface area contributed by atoms with E-state index in [2.05, 4.69) is 4.90 Å². The van der Waals surface area contributed by atoms with Crippen LogP contribution >= 0.6 is 0 Å². The Morgan fingerprint density at radius 1 is 1.26 bits per heavy atom. The topological polar surface area (TPSA) is 49.8 Å². The Bertz CT molecular complexity index is 480. The molecule has 1 aliphatic carbocycles. The number of anilines is 1. The van der Waals surface area contributed by atoms with Crippen LogP contribution in [0.15, 0.2) is 18.2 Å². The zero-order valence-electron chi connectivity index (χ0n) is 11.0. The zero-order valence-corrected chi connectivity index (χ0v) is 11.0. The number of fused-ring (bicyclic) bond motifs is 1. The molecule has 0 saturated heterocycles. The van der Waals surface area contributed by atoms with Gasteiger partial charge in [-0.2, -0.15) is 0 Å². The molecule has 19 heavy (non-hydrogen) atoms. The van der Waals surface area contributed by atoms with Crippen LogP contribution in [0.5, 0.6) is 5.75 Å². The Morgan fingerprint density at radius 3 is 2.79 bits per heavy atom. The van der Waals surface area contributed by atoms with Crippen LogP contribution in [0.2, 0.25) is 0 Å². The van der Waals surface area contributed by atoms with E-state index >= 15 is 0 Å². The number of benzene rings is 1. The molecule has 1 heterocycles. The van der Waals surface area contributed by atoms with Crippen molar-refractivity contribution in [2.24, 2.45) is 0 Å². The molecule has 1 aromatic carbocycles. The molecule has 0 radical (unpaired) electrons. The van der Waals surface area contributed by atoms with Crippen LogP contribution in [0, 0.1) is 0 Å². The molecule has 1 saturated carbocycles. The van der Waals surface area contributed by atoms with E-state index in [1.807, 2.05) is 6.07 Å². The lowest BCUT2D eigenvalue weighted by Crippen LogP contribution is -2.42. The van der Waals surface area contributed by atoms with Crippen LogP contribution in [0.1, 0.15) is 42.5 Å². The van der Waals surface area contributed by atoms with Crippen molar-refractivity contribution in [2.45, 2.75) is 38.1 Å². The summed E-state index contributed by atoms with van der Waals surface area (Å²) in [6.07, 6.45) is 6.40. The first-order chi connectivity index (χ1) is 9.25. The van der Waals surface area contributed by atoms with E-state index < -0.39 is 5.97 Å². The van der Waals surface area contributed by atoms with Crippen molar-refractivity contribution < 1.29 is 14.6 Å². The van der Waals surface area contributed by atoms with Gasteiger partial charge < -0.3 is 14.7 Å². The molecule has 4 nitrogen and oxygen atoms in total. The van der Waals surface area contributed by atoms with Gasteiger partial charge in [0, 0.05) is 6.04 Å². The van der Waals surface area contributed by atoms with Crippen LogP contribution in [0.4, 0.5) is 5.69 Å². The number of carboxylic acid groups (broad SMARTS) is 1. The van der Waals surface area contributed by atoms with Crippen molar-refractivity contribution in [1.29, 1.82) is 0 Å². The maximum Gasteiger partial charge on any atom is 0.335 e. The van der Waals surface area contributed by atoms with E-state index in [1.165, 1.54) is 32.1 Å². The summed E-state index contributed by atoms with van der Waals surface area (Å²) in [4.78, 5) is 13.4. The zero-order chi connectivity index (χ0) is 13.2.